The molecule has 2 aliphatic rings. The summed E-state index contributed by atoms with van der Waals surface area (Å²) in [6.45, 7) is 2.02. The lowest BCUT2D eigenvalue weighted by Crippen LogP contribution is -2.29. The molecule has 1 saturated heterocycles. The first kappa shape index (κ1) is 13.3. The van der Waals surface area contributed by atoms with E-state index in [1.54, 1.807) is 0 Å². The number of hydrogen-bond acceptors (Lipinski definition) is 3. The highest BCUT2D eigenvalue weighted by atomic mass is 16.2. The smallest absolute Gasteiger partial charge is 0.258 e. The van der Waals surface area contributed by atoms with Crippen LogP contribution in [0.1, 0.15) is 24.4 Å². The normalized spacial score (nSPS) is 19.5. The van der Waals surface area contributed by atoms with Gasteiger partial charge in [0, 0.05) is 34.8 Å². The minimum absolute atomic E-state index is 0.307. The van der Waals surface area contributed by atoms with Crippen molar-refractivity contribution in [3.63, 3.8) is 0 Å². The summed E-state index contributed by atoms with van der Waals surface area (Å²) in [7, 11) is 0. The number of nitrogens with zero attached hydrogens (tertiary/aromatic N) is 1. The lowest BCUT2D eigenvalue weighted by molar-refractivity contribution is -0.123. The third-order valence-corrected chi connectivity index (χ3v) is 4.49. The van der Waals surface area contributed by atoms with Crippen LogP contribution >= 0.6 is 0 Å². The minimum Gasteiger partial charge on any atom is -0.344 e. The molecule has 5 heteroatoms. The fourth-order valence-electron chi connectivity index (χ4n) is 3.42. The summed E-state index contributed by atoms with van der Waals surface area (Å²) < 4.78 is 2.27. The number of carbonyl (C=O) groups is 2. The number of imide groups is 1. The number of nitrogens with one attached hydrogen (secondary N) is 2. The highest BCUT2D eigenvalue weighted by molar-refractivity contribution is 6.35. The Balaban J connectivity index is 1.87. The van der Waals surface area contributed by atoms with E-state index in [2.05, 4.69) is 21.3 Å². The molecule has 2 amide bonds. The van der Waals surface area contributed by atoms with E-state index < -0.39 is 0 Å². The molecule has 1 aromatic carbocycles. The molecular weight excluding hydrogens is 278 g/mol. The Labute approximate surface area is 128 Å². The van der Waals surface area contributed by atoms with Gasteiger partial charge in [-0.15, -0.1) is 0 Å². The molecule has 1 aromatic heterocycles. The molecule has 5 nitrogen and oxygen atoms in total. The van der Waals surface area contributed by atoms with Gasteiger partial charge in [0.15, 0.2) is 0 Å². The minimum atomic E-state index is -0.335. The molecular formula is C17H17N3O2. The molecule has 2 N–H and O–H groups in total. The molecule has 1 fully saturated rings. The quantitative estimate of drug-likeness (QED) is 0.827. The van der Waals surface area contributed by atoms with Crippen LogP contribution in [0.3, 0.4) is 0 Å². The summed E-state index contributed by atoms with van der Waals surface area (Å²) in [6, 6.07) is 8.50. The van der Waals surface area contributed by atoms with Crippen LogP contribution in [0.2, 0.25) is 0 Å². The van der Waals surface area contributed by atoms with Gasteiger partial charge in [-0.2, -0.15) is 0 Å². The van der Waals surface area contributed by atoms with Crippen LogP contribution in [0.25, 0.3) is 16.5 Å². The molecule has 0 bridgehead atoms. The second-order valence-electron chi connectivity index (χ2n) is 5.82. The van der Waals surface area contributed by atoms with Gasteiger partial charge in [-0.25, -0.2) is 0 Å². The third kappa shape index (κ3) is 2.05. The fourth-order valence-corrected chi connectivity index (χ4v) is 3.42. The van der Waals surface area contributed by atoms with Gasteiger partial charge >= 0.3 is 0 Å². The van der Waals surface area contributed by atoms with Crippen LogP contribution in [0, 0.1) is 0 Å². The van der Waals surface area contributed by atoms with Gasteiger partial charge in [-0.3, -0.25) is 14.9 Å². The van der Waals surface area contributed by atoms with Crippen LogP contribution in [-0.4, -0.2) is 29.5 Å². The largest absolute Gasteiger partial charge is 0.344 e. The first-order chi connectivity index (χ1) is 10.7. The van der Waals surface area contributed by atoms with Crippen molar-refractivity contribution in [2.75, 3.05) is 13.1 Å². The zero-order valence-corrected chi connectivity index (χ0v) is 12.1. The van der Waals surface area contributed by atoms with Crippen molar-refractivity contribution >= 4 is 28.3 Å². The molecule has 3 heterocycles. The molecule has 0 atom stereocenters. The monoisotopic (exact) mass is 295 g/mol. The lowest BCUT2D eigenvalue weighted by atomic mass is 10.1. The third-order valence-electron chi connectivity index (χ3n) is 4.49. The molecule has 0 saturated carbocycles. The van der Waals surface area contributed by atoms with E-state index in [-0.39, 0.29) is 11.8 Å². The number of benzene rings is 1. The molecule has 112 valence electrons. The van der Waals surface area contributed by atoms with Crippen molar-refractivity contribution in [1.82, 2.24) is 15.2 Å². The summed E-state index contributed by atoms with van der Waals surface area (Å²) in [4.78, 5) is 23.5. The van der Waals surface area contributed by atoms with Gasteiger partial charge < -0.3 is 9.88 Å². The summed E-state index contributed by atoms with van der Waals surface area (Å²) >= 11 is 0. The van der Waals surface area contributed by atoms with Crippen LogP contribution in [-0.2, 0) is 9.59 Å². The Morgan fingerprint density at radius 2 is 1.86 bits per heavy atom. The van der Waals surface area contributed by atoms with E-state index in [9.17, 15) is 9.59 Å². The van der Waals surface area contributed by atoms with Crippen LogP contribution in [0.5, 0.6) is 0 Å². The summed E-state index contributed by atoms with van der Waals surface area (Å²) in [6.07, 6.45) is 5.58. The topological polar surface area (TPSA) is 63.1 Å². The molecule has 0 aliphatic carbocycles. The Hall–Kier alpha value is -2.40. The molecule has 0 spiro atoms. The summed E-state index contributed by atoms with van der Waals surface area (Å²) in [5, 5.41) is 6.73. The maximum Gasteiger partial charge on any atom is 0.258 e. The van der Waals surface area contributed by atoms with Crippen molar-refractivity contribution in [1.29, 1.82) is 0 Å². The predicted octanol–water partition coefficient (Wildman–Crippen LogP) is 1.61. The first-order valence-electron chi connectivity index (χ1n) is 7.62. The van der Waals surface area contributed by atoms with E-state index in [1.807, 2.05) is 24.4 Å². The second-order valence-corrected chi connectivity index (χ2v) is 5.82. The van der Waals surface area contributed by atoms with E-state index in [0.717, 1.165) is 42.4 Å². The molecule has 2 aliphatic heterocycles. The summed E-state index contributed by atoms with van der Waals surface area (Å²) in [5.74, 6) is -0.642. The van der Waals surface area contributed by atoms with Gasteiger partial charge in [0.2, 0.25) is 0 Å². The standard InChI is InChI=1S/C17H17N3O2/c21-16-9-13(17(22)19-16)14-10-20(11-5-7-18-8-6-11)15-4-2-1-3-12(14)15/h1-4,9-11,18H,5-8H2,(H,19,21,22). The van der Waals surface area contributed by atoms with E-state index in [4.69, 9.17) is 0 Å². The Morgan fingerprint density at radius 3 is 2.59 bits per heavy atom. The molecule has 0 radical (unpaired) electrons. The van der Waals surface area contributed by atoms with E-state index in [1.165, 1.54) is 6.08 Å². The number of carbonyl (C=O) groups excluding carboxylic acids is 2. The number of fused-ring (bicyclic) bond motifs is 1. The molecule has 4 rings (SSSR count). The number of piperidine rings is 1. The fraction of sp³-hybridized carbons (Fsp3) is 0.294. The van der Waals surface area contributed by atoms with Crippen molar-refractivity contribution in [2.45, 2.75) is 18.9 Å². The highest BCUT2D eigenvalue weighted by Crippen LogP contribution is 2.33. The van der Waals surface area contributed by atoms with Crippen LogP contribution < -0.4 is 10.6 Å². The van der Waals surface area contributed by atoms with E-state index >= 15 is 0 Å². The van der Waals surface area contributed by atoms with Crippen LogP contribution in [0.15, 0.2) is 36.5 Å². The average Bonchev–Trinajstić information content (AvgIpc) is 3.08. The van der Waals surface area contributed by atoms with Gasteiger partial charge in [-0.05, 0) is 32.0 Å². The van der Waals surface area contributed by atoms with Crippen molar-refractivity contribution in [2.24, 2.45) is 0 Å². The predicted molar refractivity (Wildman–Crippen MR) is 84.2 cm³/mol. The molecule has 0 unspecified atom stereocenters. The Morgan fingerprint density at radius 1 is 1.09 bits per heavy atom. The maximum atomic E-state index is 12.0. The van der Waals surface area contributed by atoms with E-state index in [0.29, 0.717) is 11.6 Å². The second kappa shape index (κ2) is 5.10. The number of hydrogen-bond donors (Lipinski definition) is 2. The number of amides is 2. The SMILES string of the molecule is O=C1C=C(c2cn(C3CCNCC3)c3ccccc23)C(=O)N1. The van der Waals surface area contributed by atoms with Gasteiger partial charge in [-0.1, -0.05) is 18.2 Å². The van der Waals surface area contributed by atoms with Crippen molar-refractivity contribution in [3.8, 4) is 0 Å². The Bertz CT molecular complexity index is 797. The van der Waals surface area contributed by atoms with Crippen LogP contribution in [0.4, 0.5) is 0 Å². The highest BCUT2D eigenvalue weighted by Gasteiger charge is 2.26. The van der Waals surface area contributed by atoms with Crippen molar-refractivity contribution < 1.29 is 9.59 Å². The average molecular weight is 295 g/mol. The molecule has 2 aromatic rings. The Kier molecular flexibility index (Phi) is 3.08. The number of rotatable bonds is 2. The number of para-hydroxylation sites is 1. The zero-order chi connectivity index (χ0) is 15.1. The van der Waals surface area contributed by atoms with Gasteiger partial charge in [0.05, 0.1) is 5.57 Å². The zero-order valence-electron chi connectivity index (χ0n) is 12.1. The number of aromatic nitrogens is 1. The lowest BCUT2D eigenvalue weighted by Gasteiger charge is -2.25. The maximum absolute atomic E-state index is 12.0. The molecule has 22 heavy (non-hydrogen) atoms. The van der Waals surface area contributed by atoms with Gasteiger partial charge in [0.1, 0.15) is 0 Å². The van der Waals surface area contributed by atoms with Gasteiger partial charge in [0.25, 0.3) is 11.8 Å². The first-order valence-corrected chi connectivity index (χ1v) is 7.62. The van der Waals surface area contributed by atoms with Crippen molar-refractivity contribution in [3.05, 3.63) is 42.1 Å². The summed E-state index contributed by atoms with van der Waals surface area (Å²) in [5.41, 5.74) is 2.43.